The molecular weight excluding hydrogens is 194 g/mol. The van der Waals surface area contributed by atoms with Crippen molar-refractivity contribution in [1.29, 1.82) is 0 Å². The molecule has 1 N–H and O–H groups in total. The van der Waals surface area contributed by atoms with Crippen LogP contribution in [0.3, 0.4) is 0 Å². The highest BCUT2D eigenvalue weighted by Gasteiger charge is 2.17. The van der Waals surface area contributed by atoms with Crippen LogP contribution in [0.15, 0.2) is 22.7 Å². The number of carbonyl (C=O) groups excluding carboxylic acids is 1. The minimum Gasteiger partial charge on any atom is -0.455 e. The van der Waals surface area contributed by atoms with E-state index in [1.165, 1.54) is 6.92 Å². The van der Waals surface area contributed by atoms with Crippen LogP contribution in [0.1, 0.15) is 32.1 Å². The zero-order chi connectivity index (χ0) is 10.8. The summed E-state index contributed by atoms with van der Waals surface area (Å²) in [6.07, 6.45) is 2.23. The van der Waals surface area contributed by atoms with Gasteiger partial charge in [0.1, 0.15) is 5.76 Å². The van der Waals surface area contributed by atoms with E-state index in [4.69, 9.17) is 9.15 Å². The van der Waals surface area contributed by atoms with Gasteiger partial charge in [-0.3, -0.25) is 4.79 Å². The normalized spacial score (nSPS) is 12.9. The average Bonchev–Trinajstić information content (AvgIpc) is 2.72. The molecule has 15 heavy (non-hydrogen) atoms. The molecule has 1 unspecified atom stereocenters. The molecule has 2 rings (SSSR count). The van der Waals surface area contributed by atoms with Gasteiger partial charge in [-0.05, 0) is 12.5 Å². The first-order valence-corrected chi connectivity index (χ1v) is 4.94. The smallest absolute Gasteiger partial charge is 0.303 e. The van der Waals surface area contributed by atoms with Crippen LogP contribution in [0.2, 0.25) is 0 Å². The molecule has 0 saturated heterocycles. The fourth-order valence-electron chi connectivity index (χ4n) is 1.57. The quantitative estimate of drug-likeness (QED) is 0.787. The van der Waals surface area contributed by atoms with Crippen molar-refractivity contribution in [3.8, 4) is 0 Å². The number of H-pyrrole nitrogens is 1. The van der Waals surface area contributed by atoms with Gasteiger partial charge in [-0.15, -0.1) is 0 Å². The minimum atomic E-state index is -0.290. The summed E-state index contributed by atoms with van der Waals surface area (Å²) in [5.74, 6) is 0.400. The largest absolute Gasteiger partial charge is 0.455 e. The number of hydrogen-bond donors (Lipinski definition) is 1. The highest BCUT2D eigenvalue weighted by atomic mass is 16.5. The summed E-state index contributed by atoms with van der Waals surface area (Å²) in [4.78, 5) is 13.9. The summed E-state index contributed by atoms with van der Waals surface area (Å²) in [6.45, 7) is 3.35. The van der Waals surface area contributed by atoms with Crippen LogP contribution in [0.4, 0.5) is 0 Å². The molecule has 0 radical (unpaired) electrons. The fourth-order valence-corrected chi connectivity index (χ4v) is 1.57. The van der Waals surface area contributed by atoms with Crippen LogP contribution in [-0.2, 0) is 9.53 Å². The van der Waals surface area contributed by atoms with Crippen molar-refractivity contribution >= 4 is 17.1 Å². The third-order valence-corrected chi connectivity index (χ3v) is 2.25. The van der Waals surface area contributed by atoms with Gasteiger partial charge in [0.05, 0.1) is 5.52 Å². The van der Waals surface area contributed by atoms with Crippen molar-refractivity contribution < 1.29 is 13.9 Å². The molecule has 0 aliphatic heterocycles. The summed E-state index contributed by atoms with van der Waals surface area (Å²) >= 11 is 0. The summed E-state index contributed by atoms with van der Waals surface area (Å²) in [5, 5.41) is 0. The van der Waals surface area contributed by atoms with E-state index in [0.29, 0.717) is 12.2 Å². The molecule has 0 saturated carbocycles. The van der Waals surface area contributed by atoms with Gasteiger partial charge in [-0.2, -0.15) is 0 Å². The first-order valence-electron chi connectivity index (χ1n) is 4.94. The van der Waals surface area contributed by atoms with E-state index < -0.39 is 0 Å². The van der Waals surface area contributed by atoms with Gasteiger partial charge >= 0.3 is 5.97 Å². The molecule has 4 heteroatoms. The first kappa shape index (κ1) is 9.83. The average molecular weight is 207 g/mol. The van der Waals surface area contributed by atoms with Gasteiger partial charge in [-0.25, -0.2) is 0 Å². The number of furan rings is 1. The summed E-state index contributed by atoms with van der Waals surface area (Å²) in [6, 6.07) is 3.71. The Morgan fingerprint density at radius 1 is 1.67 bits per heavy atom. The SMILES string of the molecule is CCC(OC(C)=O)c1cc2[nH]ccc2o1. The monoisotopic (exact) mass is 207 g/mol. The van der Waals surface area contributed by atoms with Crippen molar-refractivity contribution in [2.75, 3.05) is 0 Å². The lowest BCUT2D eigenvalue weighted by molar-refractivity contribution is -0.147. The maximum absolute atomic E-state index is 10.9. The van der Waals surface area contributed by atoms with E-state index in [0.717, 1.165) is 11.1 Å². The molecule has 0 fully saturated rings. The molecule has 4 nitrogen and oxygen atoms in total. The highest BCUT2D eigenvalue weighted by molar-refractivity contribution is 5.74. The van der Waals surface area contributed by atoms with Gasteiger partial charge in [0.25, 0.3) is 0 Å². The molecule has 2 heterocycles. The van der Waals surface area contributed by atoms with Gasteiger partial charge in [0, 0.05) is 19.2 Å². The van der Waals surface area contributed by atoms with E-state index in [2.05, 4.69) is 4.98 Å². The first-order chi connectivity index (χ1) is 7.20. The van der Waals surface area contributed by atoms with E-state index in [1.54, 1.807) is 0 Å². The van der Waals surface area contributed by atoms with Crippen LogP contribution >= 0.6 is 0 Å². The van der Waals surface area contributed by atoms with Gasteiger partial charge in [-0.1, -0.05) is 6.92 Å². The molecule has 0 bridgehead atoms. The van der Waals surface area contributed by atoms with E-state index in [-0.39, 0.29) is 12.1 Å². The number of ether oxygens (including phenoxy) is 1. The molecular formula is C11H13NO3. The second-order valence-corrected chi connectivity index (χ2v) is 3.41. The van der Waals surface area contributed by atoms with Gasteiger partial charge in [0.15, 0.2) is 11.7 Å². The maximum atomic E-state index is 10.9. The van der Waals surface area contributed by atoms with Crippen LogP contribution in [0.25, 0.3) is 11.1 Å². The molecule has 1 atom stereocenters. The van der Waals surface area contributed by atoms with Crippen molar-refractivity contribution in [3.63, 3.8) is 0 Å². The van der Waals surface area contributed by atoms with E-state index in [9.17, 15) is 4.79 Å². The number of aromatic nitrogens is 1. The molecule has 2 aromatic rings. The Kier molecular flexibility index (Phi) is 2.49. The number of esters is 1. The predicted molar refractivity (Wildman–Crippen MR) is 55.4 cm³/mol. The summed E-state index contributed by atoms with van der Waals surface area (Å²) in [5.41, 5.74) is 1.71. The molecule has 0 aliphatic carbocycles. The Labute approximate surface area is 87.2 Å². The van der Waals surface area contributed by atoms with Crippen LogP contribution in [-0.4, -0.2) is 11.0 Å². The maximum Gasteiger partial charge on any atom is 0.303 e. The summed E-state index contributed by atoms with van der Waals surface area (Å²) in [7, 11) is 0. The predicted octanol–water partition coefficient (Wildman–Crippen LogP) is 2.78. The second kappa shape index (κ2) is 3.81. The van der Waals surface area contributed by atoms with Crippen LogP contribution in [0, 0.1) is 0 Å². The lowest BCUT2D eigenvalue weighted by Crippen LogP contribution is -2.06. The molecule has 0 aliphatic rings. The number of fused-ring (bicyclic) bond motifs is 1. The Morgan fingerprint density at radius 2 is 2.47 bits per heavy atom. The molecule has 2 aromatic heterocycles. The van der Waals surface area contributed by atoms with Crippen molar-refractivity contribution in [2.24, 2.45) is 0 Å². The molecule has 0 spiro atoms. The second-order valence-electron chi connectivity index (χ2n) is 3.41. The lowest BCUT2D eigenvalue weighted by Gasteiger charge is -2.11. The van der Waals surface area contributed by atoms with Crippen molar-refractivity contribution in [1.82, 2.24) is 4.98 Å². The third-order valence-electron chi connectivity index (χ3n) is 2.25. The van der Waals surface area contributed by atoms with Crippen LogP contribution in [0.5, 0.6) is 0 Å². The number of rotatable bonds is 3. The minimum absolute atomic E-state index is 0.289. The zero-order valence-corrected chi connectivity index (χ0v) is 8.74. The van der Waals surface area contributed by atoms with E-state index >= 15 is 0 Å². The molecule has 0 aromatic carbocycles. The topological polar surface area (TPSA) is 55.2 Å². The van der Waals surface area contributed by atoms with Crippen molar-refractivity contribution in [2.45, 2.75) is 26.4 Å². The number of nitrogens with one attached hydrogen (secondary N) is 1. The Morgan fingerprint density at radius 3 is 3.07 bits per heavy atom. The summed E-state index contributed by atoms with van der Waals surface area (Å²) < 4.78 is 10.7. The number of carbonyl (C=O) groups is 1. The molecule has 0 amide bonds. The van der Waals surface area contributed by atoms with E-state index in [1.807, 2.05) is 25.3 Å². The lowest BCUT2D eigenvalue weighted by atomic mass is 10.2. The van der Waals surface area contributed by atoms with Gasteiger partial charge < -0.3 is 14.1 Å². The van der Waals surface area contributed by atoms with Crippen LogP contribution < -0.4 is 0 Å². The Hall–Kier alpha value is -1.71. The Bertz CT molecular complexity index is 440. The highest BCUT2D eigenvalue weighted by Crippen LogP contribution is 2.27. The number of aromatic amines is 1. The fraction of sp³-hybridized carbons (Fsp3) is 0.364. The molecule has 80 valence electrons. The van der Waals surface area contributed by atoms with Gasteiger partial charge in [0.2, 0.25) is 0 Å². The standard InChI is InChI=1S/C11H13NO3/c1-3-9(14-7(2)13)11-6-8-10(15-11)4-5-12-8/h4-6,9,12H,3H2,1-2H3. The third kappa shape index (κ3) is 1.88. The van der Waals surface area contributed by atoms with Crippen molar-refractivity contribution in [3.05, 3.63) is 24.1 Å². The zero-order valence-electron chi connectivity index (χ0n) is 8.74. The Balaban J connectivity index is 2.27. The number of hydrogen-bond acceptors (Lipinski definition) is 3.